The molecule has 3 rings (SSSR count). The van der Waals surface area contributed by atoms with Gasteiger partial charge in [0.1, 0.15) is 5.75 Å². The van der Waals surface area contributed by atoms with E-state index in [2.05, 4.69) is 35.8 Å². The summed E-state index contributed by atoms with van der Waals surface area (Å²) in [7, 11) is 1.65. The van der Waals surface area contributed by atoms with Crippen LogP contribution in [0.1, 0.15) is 48.1 Å². The van der Waals surface area contributed by atoms with Crippen molar-refractivity contribution in [3.05, 3.63) is 64.7 Å². The first-order chi connectivity index (χ1) is 12.7. The molecule has 1 unspecified atom stereocenters. The van der Waals surface area contributed by atoms with Crippen molar-refractivity contribution in [2.24, 2.45) is 0 Å². The molecule has 1 amide bonds. The molecule has 0 heterocycles. The zero-order valence-corrected chi connectivity index (χ0v) is 15.7. The summed E-state index contributed by atoms with van der Waals surface area (Å²) in [4.78, 5) is 12.1. The van der Waals surface area contributed by atoms with Crippen molar-refractivity contribution in [3.63, 3.8) is 0 Å². The summed E-state index contributed by atoms with van der Waals surface area (Å²) < 4.78 is 5.14. The van der Waals surface area contributed by atoms with Crippen molar-refractivity contribution in [2.45, 2.75) is 45.2 Å². The lowest BCUT2D eigenvalue weighted by atomic mass is 9.89. The van der Waals surface area contributed by atoms with Crippen molar-refractivity contribution in [1.82, 2.24) is 10.6 Å². The Balaban J connectivity index is 1.46. The molecule has 0 bridgehead atoms. The first kappa shape index (κ1) is 18.5. The van der Waals surface area contributed by atoms with Crippen LogP contribution in [0.2, 0.25) is 0 Å². The van der Waals surface area contributed by atoms with Crippen LogP contribution in [0.25, 0.3) is 0 Å². The molecule has 0 saturated heterocycles. The second kappa shape index (κ2) is 8.86. The molecule has 4 nitrogen and oxygen atoms in total. The molecular weight excluding hydrogens is 324 g/mol. The van der Waals surface area contributed by atoms with Gasteiger partial charge in [0, 0.05) is 12.6 Å². The summed E-state index contributed by atoms with van der Waals surface area (Å²) in [6.07, 6.45) is 4.96. The molecule has 0 fully saturated rings. The smallest absolute Gasteiger partial charge is 0.234 e. The minimum Gasteiger partial charge on any atom is -0.497 e. The molecule has 0 aromatic heterocycles. The van der Waals surface area contributed by atoms with Gasteiger partial charge in [-0.25, -0.2) is 0 Å². The van der Waals surface area contributed by atoms with Crippen LogP contribution in [0.15, 0.2) is 42.5 Å². The Hall–Kier alpha value is -2.33. The predicted octanol–water partition coefficient (Wildman–Crippen LogP) is 3.54. The molecule has 0 spiro atoms. The van der Waals surface area contributed by atoms with Crippen LogP contribution in [0.5, 0.6) is 5.75 Å². The molecule has 138 valence electrons. The van der Waals surface area contributed by atoms with Crippen LogP contribution in [0.3, 0.4) is 0 Å². The number of hydrogen-bond donors (Lipinski definition) is 2. The van der Waals surface area contributed by atoms with Gasteiger partial charge in [-0.15, -0.1) is 0 Å². The van der Waals surface area contributed by atoms with E-state index in [1.807, 2.05) is 24.3 Å². The van der Waals surface area contributed by atoms with Crippen LogP contribution in [-0.4, -0.2) is 19.6 Å². The van der Waals surface area contributed by atoms with Gasteiger partial charge in [0.15, 0.2) is 0 Å². The molecule has 2 aromatic rings. The SMILES string of the molecule is COc1ccc(CNC(=O)CNC(C)c2ccc3c(c2)CCCC3)cc1. The van der Waals surface area contributed by atoms with E-state index in [1.165, 1.54) is 42.4 Å². The fourth-order valence-corrected chi connectivity index (χ4v) is 3.39. The summed E-state index contributed by atoms with van der Waals surface area (Å²) in [6.45, 7) is 2.95. The summed E-state index contributed by atoms with van der Waals surface area (Å²) in [6, 6.07) is 14.6. The van der Waals surface area contributed by atoms with Gasteiger partial charge in [-0.1, -0.05) is 30.3 Å². The number of carbonyl (C=O) groups excluding carboxylic acids is 1. The monoisotopic (exact) mass is 352 g/mol. The molecule has 0 saturated carbocycles. The number of hydrogen-bond acceptors (Lipinski definition) is 3. The average Bonchev–Trinajstić information content (AvgIpc) is 2.70. The molecule has 26 heavy (non-hydrogen) atoms. The molecule has 1 atom stereocenters. The maximum Gasteiger partial charge on any atom is 0.234 e. The van der Waals surface area contributed by atoms with Crippen LogP contribution in [0.4, 0.5) is 0 Å². The van der Waals surface area contributed by atoms with E-state index in [1.54, 1.807) is 7.11 Å². The van der Waals surface area contributed by atoms with Gasteiger partial charge in [0.2, 0.25) is 5.91 Å². The molecule has 1 aliphatic rings. The van der Waals surface area contributed by atoms with E-state index < -0.39 is 0 Å². The van der Waals surface area contributed by atoms with Gasteiger partial charge < -0.3 is 15.4 Å². The number of nitrogens with one attached hydrogen (secondary N) is 2. The molecular formula is C22H28N2O2. The Morgan fingerprint density at radius 2 is 1.81 bits per heavy atom. The van der Waals surface area contributed by atoms with E-state index >= 15 is 0 Å². The number of benzene rings is 2. The highest BCUT2D eigenvalue weighted by Gasteiger charge is 2.13. The lowest BCUT2D eigenvalue weighted by Gasteiger charge is -2.20. The Kier molecular flexibility index (Phi) is 6.29. The Bertz CT molecular complexity index is 740. The number of aryl methyl sites for hydroxylation is 2. The third kappa shape index (κ3) is 4.85. The number of carbonyl (C=O) groups is 1. The highest BCUT2D eigenvalue weighted by molar-refractivity contribution is 5.78. The normalized spacial score (nSPS) is 14.4. The highest BCUT2D eigenvalue weighted by atomic mass is 16.5. The van der Waals surface area contributed by atoms with Crippen LogP contribution in [0, 0.1) is 0 Å². The van der Waals surface area contributed by atoms with Crippen molar-refractivity contribution >= 4 is 5.91 Å². The Labute approximate surface area is 156 Å². The third-order valence-corrected chi connectivity index (χ3v) is 5.09. The van der Waals surface area contributed by atoms with E-state index in [9.17, 15) is 4.79 Å². The van der Waals surface area contributed by atoms with Gasteiger partial charge in [0.05, 0.1) is 13.7 Å². The van der Waals surface area contributed by atoms with Gasteiger partial charge in [0.25, 0.3) is 0 Å². The lowest BCUT2D eigenvalue weighted by Crippen LogP contribution is -2.34. The number of ether oxygens (including phenoxy) is 1. The minimum atomic E-state index is 0.00521. The van der Waals surface area contributed by atoms with Crippen LogP contribution < -0.4 is 15.4 Å². The molecule has 0 aliphatic heterocycles. The molecule has 2 N–H and O–H groups in total. The van der Waals surface area contributed by atoms with Crippen LogP contribution in [-0.2, 0) is 24.2 Å². The number of rotatable bonds is 7. The first-order valence-corrected chi connectivity index (χ1v) is 9.40. The fourth-order valence-electron chi connectivity index (χ4n) is 3.39. The maximum atomic E-state index is 12.1. The Morgan fingerprint density at radius 1 is 1.08 bits per heavy atom. The quantitative estimate of drug-likeness (QED) is 0.801. The molecule has 2 aromatic carbocycles. The third-order valence-electron chi connectivity index (χ3n) is 5.09. The average molecular weight is 352 g/mol. The van der Waals surface area contributed by atoms with Gasteiger partial charge in [-0.3, -0.25) is 4.79 Å². The van der Waals surface area contributed by atoms with Crippen LogP contribution >= 0.6 is 0 Å². The van der Waals surface area contributed by atoms with Gasteiger partial charge >= 0.3 is 0 Å². The maximum absolute atomic E-state index is 12.1. The summed E-state index contributed by atoms with van der Waals surface area (Å²) in [5.74, 6) is 0.825. The summed E-state index contributed by atoms with van der Waals surface area (Å²) in [5, 5.41) is 6.28. The summed E-state index contributed by atoms with van der Waals surface area (Å²) in [5.41, 5.74) is 5.28. The minimum absolute atomic E-state index is 0.00521. The first-order valence-electron chi connectivity index (χ1n) is 9.40. The topological polar surface area (TPSA) is 50.4 Å². The van der Waals surface area contributed by atoms with Crippen molar-refractivity contribution in [2.75, 3.05) is 13.7 Å². The predicted molar refractivity (Wildman–Crippen MR) is 104 cm³/mol. The second-order valence-electron chi connectivity index (χ2n) is 6.96. The lowest BCUT2D eigenvalue weighted by molar-refractivity contribution is -0.120. The zero-order valence-electron chi connectivity index (χ0n) is 15.7. The van der Waals surface area contributed by atoms with E-state index in [0.29, 0.717) is 13.1 Å². The molecule has 0 radical (unpaired) electrons. The Morgan fingerprint density at radius 3 is 2.54 bits per heavy atom. The zero-order chi connectivity index (χ0) is 18.4. The van der Waals surface area contributed by atoms with Gasteiger partial charge in [-0.2, -0.15) is 0 Å². The van der Waals surface area contributed by atoms with E-state index in [-0.39, 0.29) is 11.9 Å². The summed E-state index contributed by atoms with van der Waals surface area (Å²) >= 11 is 0. The second-order valence-corrected chi connectivity index (χ2v) is 6.96. The molecule has 1 aliphatic carbocycles. The van der Waals surface area contributed by atoms with E-state index in [0.717, 1.165) is 11.3 Å². The fraction of sp³-hybridized carbons (Fsp3) is 0.409. The standard InChI is InChI=1S/C22H28N2O2/c1-16(19-10-9-18-5-3-4-6-20(18)13-19)23-15-22(25)24-14-17-7-11-21(26-2)12-8-17/h7-13,16,23H,3-6,14-15H2,1-2H3,(H,24,25). The largest absolute Gasteiger partial charge is 0.497 e. The highest BCUT2D eigenvalue weighted by Crippen LogP contribution is 2.24. The van der Waals surface area contributed by atoms with Crippen molar-refractivity contribution in [3.8, 4) is 5.75 Å². The number of methoxy groups -OCH3 is 1. The van der Waals surface area contributed by atoms with Crippen molar-refractivity contribution in [1.29, 1.82) is 0 Å². The van der Waals surface area contributed by atoms with Crippen molar-refractivity contribution < 1.29 is 9.53 Å². The number of amides is 1. The molecule has 4 heteroatoms. The van der Waals surface area contributed by atoms with E-state index in [4.69, 9.17) is 4.74 Å². The van der Waals surface area contributed by atoms with Gasteiger partial charge in [-0.05, 0) is 67.0 Å². The number of fused-ring (bicyclic) bond motifs is 1.